The number of aromatic amines is 1. The van der Waals surface area contributed by atoms with Crippen LogP contribution >= 0.6 is 0 Å². The second kappa shape index (κ2) is 5.90. The third kappa shape index (κ3) is 3.01. The van der Waals surface area contributed by atoms with Crippen LogP contribution in [0, 0.1) is 0 Å². The number of H-pyrrole nitrogens is 1. The van der Waals surface area contributed by atoms with E-state index in [0.717, 1.165) is 5.56 Å². The number of primary amides is 1. The van der Waals surface area contributed by atoms with Crippen LogP contribution in [-0.4, -0.2) is 47.4 Å². The third-order valence-electron chi connectivity index (χ3n) is 2.99. The molecule has 1 aromatic carbocycles. The van der Waals surface area contributed by atoms with Crippen molar-refractivity contribution in [1.29, 1.82) is 0 Å². The monoisotopic (exact) mass is 290 g/mol. The van der Waals surface area contributed by atoms with Crippen molar-refractivity contribution in [3.63, 3.8) is 0 Å². The second-order valence-electron chi connectivity index (χ2n) is 4.39. The molecule has 1 aliphatic heterocycles. The molecule has 0 radical (unpaired) electrons. The Labute approximate surface area is 120 Å². The fourth-order valence-electron chi connectivity index (χ4n) is 1.98. The topological polar surface area (TPSA) is 112 Å². The van der Waals surface area contributed by atoms with E-state index in [1.165, 1.54) is 0 Å². The Morgan fingerprint density at radius 2 is 2.00 bits per heavy atom. The lowest BCUT2D eigenvalue weighted by Gasteiger charge is -2.11. The van der Waals surface area contributed by atoms with Gasteiger partial charge in [-0.05, 0) is 24.3 Å². The zero-order valence-corrected chi connectivity index (χ0v) is 11.1. The minimum Gasteiger partial charge on any atom is -0.488 e. The number of nitrogens with zero attached hydrogens (tertiary/aromatic N) is 2. The van der Waals surface area contributed by atoms with Crippen LogP contribution < -0.4 is 10.5 Å². The molecular weight excluding hydrogens is 276 g/mol. The van der Waals surface area contributed by atoms with E-state index in [4.69, 9.17) is 19.9 Å². The molecule has 3 rings (SSSR count). The highest BCUT2D eigenvalue weighted by atomic mass is 16.7. The predicted octanol–water partition coefficient (Wildman–Crippen LogP) is 0.322. The van der Waals surface area contributed by atoms with Gasteiger partial charge < -0.3 is 19.9 Å². The van der Waals surface area contributed by atoms with E-state index >= 15 is 0 Å². The summed E-state index contributed by atoms with van der Waals surface area (Å²) in [4.78, 5) is 11.2. The van der Waals surface area contributed by atoms with E-state index in [1.54, 1.807) is 24.3 Å². The smallest absolute Gasteiger partial charge is 0.271 e. The Morgan fingerprint density at radius 3 is 2.67 bits per heavy atom. The fourth-order valence-corrected chi connectivity index (χ4v) is 1.98. The van der Waals surface area contributed by atoms with E-state index in [2.05, 4.69) is 15.4 Å². The molecule has 0 saturated carbocycles. The van der Waals surface area contributed by atoms with Crippen molar-refractivity contribution in [2.45, 2.75) is 6.29 Å². The first-order valence-corrected chi connectivity index (χ1v) is 6.41. The van der Waals surface area contributed by atoms with Crippen molar-refractivity contribution in [2.75, 3.05) is 19.8 Å². The van der Waals surface area contributed by atoms with Gasteiger partial charge in [-0.1, -0.05) is 0 Å². The first kappa shape index (κ1) is 13.5. The number of benzene rings is 1. The molecular formula is C13H14N4O4. The molecule has 1 amide bonds. The van der Waals surface area contributed by atoms with Gasteiger partial charge in [0.05, 0.1) is 13.2 Å². The van der Waals surface area contributed by atoms with Crippen LogP contribution in [0.15, 0.2) is 24.3 Å². The predicted molar refractivity (Wildman–Crippen MR) is 71.5 cm³/mol. The van der Waals surface area contributed by atoms with Crippen molar-refractivity contribution >= 4 is 5.91 Å². The van der Waals surface area contributed by atoms with Crippen LogP contribution in [0.25, 0.3) is 11.3 Å². The minimum absolute atomic E-state index is 0.108. The van der Waals surface area contributed by atoms with E-state index in [0.29, 0.717) is 31.3 Å². The summed E-state index contributed by atoms with van der Waals surface area (Å²) in [6, 6.07) is 7.08. The van der Waals surface area contributed by atoms with E-state index < -0.39 is 5.91 Å². The first-order valence-electron chi connectivity index (χ1n) is 6.41. The molecule has 1 aliphatic rings. The molecule has 110 valence electrons. The van der Waals surface area contributed by atoms with Crippen LogP contribution in [0.1, 0.15) is 10.5 Å². The molecule has 0 unspecified atom stereocenters. The van der Waals surface area contributed by atoms with Crippen LogP contribution in [0.2, 0.25) is 0 Å². The summed E-state index contributed by atoms with van der Waals surface area (Å²) in [7, 11) is 0. The van der Waals surface area contributed by atoms with Crippen LogP contribution in [0.3, 0.4) is 0 Å². The maximum Gasteiger partial charge on any atom is 0.271 e. The maximum absolute atomic E-state index is 11.2. The number of nitrogens with one attached hydrogen (secondary N) is 1. The number of hydrogen-bond acceptors (Lipinski definition) is 6. The van der Waals surface area contributed by atoms with Gasteiger partial charge in [-0.2, -0.15) is 15.4 Å². The highest BCUT2D eigenvalue weighted by molar-refractivity contribution is 5.96. The Balaban J connectivity index is 1.68. The van der Waals surface area contributed by atoms with Gasteiger partial charge in [0.1, 0.15) is 18.1 Å². The molecule has 8 nitrogen and oxygen atoms in total. The van der Waals surface area contributed by atoms with Gasteiger partial charge in [0.2, 0.25) is 0 Å². The van der Waals surface area contributed by atoms with Gasteiger partial charge in [0.25, 0.3) is 5.91 Å². The number of carbonyl (C=O) groups is 1. The number of nitrogens with two attached hydrogens (primary N) is 1. The number of ether oxygens (including phenoxy) is 3. The van der Waals surface area contributed by atoms with Gasteiger partial charge in [-0.15, -0.1) is 0 Å². The van der Waals surface area contributed by atoms with Gasteiger partial charge in [-0.25, -0.2) is 0 Å². The Hall–Kier alpha value is -2.45. The highest BCUT2D eigenvalue weighted by Crippen LogP contribution is 2.22. The maximum atomic E-state index is 11.2. The molecule has 2 heterocycles. The lowest BCUT2D eigenvalue weighted by molar-refractivity contribution is -0.0684. The second-order valence-corrected chi connectivity index (χ2v) is 4.39. The zero-order valence-electron chi connectivity index (χ0n) is 11.1. The van der Waals surface area contributed by atoms with Crippen molar-refractivity contribution in [3.05, 3.63) is 30.0 Å². The third-order valence-corrected chi connectivity index (χ3v) is 2.99. The van der Waals surface area contributed by atoms with Crippen molar-refractivity contribution < 1.29 is 19.0 Å². The Kier molecular flexibility index (Phi) is 3.80. The minimum atomic E-state index is -0.630. The van der Waals surface area contributed by atoms with Crippen LogP contribution in [-0.2, 0) is 9.47 Å². The molecule has 2 aromatic rings. The SMILES string of the molecule is NC(=O)c1n[nH]nc1-c1ccc(OCC2OCCO2)cc1. The van der Waals surface area contributed by atoms with E-state index in [1.807, 2.05) is 0 Å². The molecule has 1 fully saturated rings. The molecule has 3 N–H and O–H groups in total. The summed E-state index contributed by atoms with van der Waals surface area (Å²) in [5, 5.41) is 10.0. The van der Waals surface area contributed by atoms with Crippen molar-refractivity contribution in [3.8, 4) is 17.0 Å². The fraction of sp³-hybridized carbons (Fsp3) is 0.308. The summed E-state index contributed by atoms with van der Waals surface area (Å²) >= 11 is 0. The largest absolute Gasteiger partial charge is 0.488 e. The number of carbonyl (C=O) groups excluding carboxylic acids is 1. The number of aromatic nitrogens is 3. The molecule has 1 saturated heterocycles. The lowest BCUT2D eigenvalue weighted by Crippen LogP contribution is -2.18. The number of amides is 1. The molecule has 0 bridgehead atoms. The average molecular weight is 290 g/mol. The molecule has 0 spiro atoms. The first-order chi connectivity index (χ1) is 10.2. The molecule has 1 aromatic heterocycles. The van der Waals surface area contributed by atoms with Gasteiger partial charge in [0, 0.05) is 5.56 Å². The normalized spacial score (nSPS) is 15.2. The zero-order chi connectivity index (χ0) is 14.7. The van der Waals surface area contributed by atoms with Crippen LogP contribution in [0.5, 0.6) is 5.75 Å². The van der Waals surface area contributed by atoms with Gasteiger partial charge in [0.15, 0.2) is 12.0 Å². The van der Waals surface area contributed by atoms with Crippen molar-refractivity contribution in [2.24, 2.45) is 5.73 Å². The standard InChI is InChI=1S/C13H14N4O4/c14-13(18)12-11(15-17-16-12)8-1-3-9(4-2-8)21-7-10-19-5-6-20-10/h1-4,10H,5-7H2,(H2,14,18)(H,15,16,17). The summed E-state index contributed by atoms with van der Waals surface area (Å²) < 4.78 is 16.1. The summed E-state index contributed by atoms with van der Waals surface area (Å²) in [6.45, 7) is 1.51. The Bertz CT molecular complexity index is 619. The summed E-state index contributed by atoms with van der Waals surface area (Å²) in [6.07, 6.45) is -0.318. The summed E-state index contributed by atoms with van der Waals surface area (Å²) in [5.74, 6) is 0.0385. The average Bonchev–Trinajstić information content (AvgIpc) is 3.17. The molecule has 0 aliphatic carbocycles. The molecule has 0 atom stereocenters. The van der Waals surface area contributed by atoms with Gasteiger partial charge in [-0.3, -0.25) is 4.79 Å². The summed E-state index contributed by atoms with van der Waals surface area (Å²) in [5.41, 5.74) is 6.47. The van der Waals surface area contributed by atoms with Crippen molar-refractivity contribution in [1.82, 2.24) is 15.4 Å². The molecule has 21 heavy (non-hydrogen) atoms. The van der Waals surface area contributed by atoms with E-state index in [-0.39, 0.29) is 12.0 Å². The molecule has 8 heteroatoms. The highest BCUT2D eigenvalue weighted by Gasteiger charge is 2.17. The number of rotatable bonds is 5. The number of hydrogen-bond donors (Lipinski definition) is 2. The van der Waals surface area contributed by atoms with E-state index in [9.17, 15) is 4.79 Å². The van der Waals surface area contributed by atoms with Crippen LogP contribution in [0.4, 0.5) is 0 Å². The van der Waals surface area contributed by atoms with Gasteiger partial charge >= 0.3 is 0 Å². The Morgan fingerprint density at radius 1 is 1.29 bits per heavy atom. The quantitative estimate of drug-likeness (QED) is 0.820. The lowest BCUT2D eigenvalue weighted by atomic mass is 10.1.